The van der Waals surface area contributed by atoms with Crippen molar-refractivity contribution >= 4 is 27.6 Å². The number of hydrogen-bond acceptors (Lipinski definition) is 5. The predicted molar refractivity (Wildman–Crippen MR) is 104 cm³/mol. The molecule has 1 aliphatic heterocycles. The van der Waals surface area contributed by atoms with Gasteiger partial charge in [-0.15, -0.1) is 0 Å². The highest BCUT2D eigenvalue weighted by Crippen LogP contribution is 2.38. The number of nitrogens with zero attached hydrogens (tertiary/aromatic N) is 2. The van der Waals surface area contributed by atoms with Gasteiger partial charge in [0.1, 0.15) is 5.69 Å². The Labute approximate surface area is 167 Å². The standard InChI is InChI=1S/C19H21N5O4S/c25-18-16-10-17(22-24(16)8-7-20-18)29(27,28)23-19(26)21-15-9-11-3-1-4-12(11)13-5-2-6-14(13)15/h9-10H,1-8H2,(H,20,25)(H2,21,23,26). The lowest BCUT2D eigenvalue weighted by Crippen LogP contribution is -2.35. The molecule has 0 radical (unpaired) electrons. The normalized spacial score (nSPS) is 17.3. The summed E-state index contributed by atoms with van der Waals surface area (Å²) in [5, 5.41) is 8.97. The van der Waals surface area contributed by atoms with Gasteiger partial charge in [-0.2, -0.15) is 13.5 Å². The van der Waals surface area contributed by atoms with E-state index in [4.69, 9.17) is 0 Å². The zero-order valence-electron chi connectivity index (χ0n) is 15.7. The maximum Gasteiger partial charge on any atom is 0.333 e. The third-order valence-electron chi connectivity index (χ3n) is 5.84. The molecule has 152 valence electrons. The van der Waals surface area contributed by atoms with E-state index in [9.17, 15) is 18.0 Å². The van der Waals surface area contributed by atoms with E-state index in [0.717, 1.165) is 44.1 Å². The Balaban J connectivity index is 1.38. The smallest absolute Gasteiger partial charge is 0.333 e. The molecular weight excluding hydrogens is 394 g/mol. The van der Waals surface area contributed by atoms with Gasteiger partial charge in [-0.25, -0.2) is 9.52 Å². The minimum Gasteiger partial charge on any atom is -0.349 e. The molecule has 0 saturated heterocycles. The quantitative estimate of drug-likeness (QED) is 0.693. The number of aryl methyl sites for hydroxylation is 1. The van der Waals surface area contributed by atoms with E-state index < -0.39 is 16.1 Å². The number of sulfonamides is 1. The van der Waals surface area contributed by atoms with Crippen LogP contribution in [-0.2, 0) is 42.3 Å². The third-order valence-corrected chi connectivity index (χ3v) is 7.04. The fourth-order valence-corrected chi connectivity index (χ4v) is 5.46. The summed E-state index contributed by atoms with van der Waals surface area (Å²) in [5.41, 5.74) is 5.95. The van der Waals surface area contributed by atoms with Crippen LogP contribution in [0.2, 0.25) is 0 Å². The zero-order valence-corrected chi connectivity index (χ0v) is 16.6. The van der Waals surface area contributed by atoms with Gasteiger partial charge in [-0.1, -0.05) is 0 Å². The van der Waals surface area contributed by atoms with Crippen LogP contribution >= 0.6 is 0 Å². The number of amides is 3. The number of benzene rings is 1. The van der Waals surface area contributed by atoms with Gasteiger partial charge < -0.3 is 10.6 Å². The number of rotatable bonds is 3. The second-order valence-corrected chi connectivity index (χ2v) is 9.26. The molecule has 1 aromatic heterocycles. The highest BCUT2D eigenvalue weighted by Gasteiger charge is 2.29. The average Bonchev–Trinajstić information content (AvgIpc) is 3.39. The van der Waals surface area contributed by atoms with E-state index in [0.29, 0.717) is 18.8 Å². The molecular formula is C19H21N5O4S. The number of fused-ring (bicyclic) bond motifs is 4. The van der Waals surface area contributed by atoms with Gasteiger partial charge in [-0.05, 0) is 66.8 Å². The number of urea groups is 1. The lowest BCUT2D eigenvalue weighted by Gasteiger charge is -2.15. The lowest BCUT2D eigenvalue weighted by molar-refractivity contribution is 0.0924. The number of hydrogen-bond donors (Lipinski definition) is 3. The molecule has 5 rings (SSSR count). The fourth-order valence-electron chi connectivity index (χ4n) is 4.58. The molecule has 1 aromatic carbocycles. The molecule has 2 aromatic rings. The maximum atomic E-state index is 12.6. The molecule has 9 nitrogen and oxygen atoms in total. The van der Waals surface area contributed by atoms with Crippen molar-refractivity contribution in [1.29, 1.82) is 0 Å². The van der Waals surface area contributed by atoms with E-state index in [1.807, 2.05) is 10.8 Å². The highest BCUT2D eigenvalue weighted by molar-refractivity contribution is 7.90. The summed E-state index contributed by atoms with van der Waals surface area (Å²) < 4.78 is 28.5. The molecule has 2 aliphatic carbocycles. The largest absolute Gasteiger partial charge is 0.349 e. The second-order valence-electron chi connectivity index (χ2n) is 7.63. The topological polar surface area (TPSA) is 122 Å². The van der Waals surface area contributed by atoms with Crippen LogP contribution < -0.4 is 15.4 Å². The van der Waals surface area contributed by atoms with E-state index in [1.54, 1.807) is 0 Å². The van der Waals surface area contributed by atoms with Gasteiger partial charge in [0.25, 0.3) is 15.9 Å². The van der Waals surface area contributed by atoms with Gasteiger partial charge >= 0.3 is 6.03 Å². The van der Waals surface area contributed by atoms with Crippen LogP contribution in [0.1, 0.15) is 45.6 Å². The van der Waals surface area contributed by atoms with E-state index >= 15 is 0 Å². The van der Waals surface area contributed by atoms with Gasteiger partial charge in [0.2, 0.25) is 0 Å². The van der Waals surface area contributed by atoms with Crippen molar-refractivity contribution in [3.05, 3.63) is 40.1 Å². The summed E-state index contributed by atoms with van der Waals surface area (Å²) in [5.74, 6) is -0.386. The molecule has 0 unspecified atom stereocenters. The van der Waals surface area contributed by atoms with Crippen molar-refractivity contribution in [2.24, 2.45) is 0 Å². The Kier molecular flexibility index (Phi) is 4.12. The molecule has 3 N–H and O–H groups in total. The fraction of sp³-hybridized carbons (Fsp3) is 0.421. The first kappa shape index (κ1) is 18.2. The predicted octanol–water partition coefficient (Wildman–Crippen LogP) is 1.11. The van der Waals surface area contributed by atoms with Crippen molar-refractivity contribution in [2.75, 3.05) is 11.9 Å². The molecule has 0 fully saturated rings. The van der Waals surface area contributed by atoms with Gasteiger partial charge in [0.05, 0.1) is 6.54 Å². The first-order chi connectivity index (χ1) is 13.9. The van der Waals surface area contributed by atoms with Crippen LogP contribution in [0.25, 0.3) is 0 Å². The Hall–Kier alpha value is -2.88. The molecule has 3 amide bonds. The lowest BCUT2D eigenvalue weighted by atomic mass is 9.98. The second kappa shape index (κ2) is 6.58. The van der Waals surface area contributed by atoms with Crippen molar-refractivity contribution in [3.8, 4) is 0 Å². The minimum absolute atomic E-state index is 0.161. The van der Waals surface area contributed by atoms with Crippen molar-refractivity contribution in [3.63, 3.8) is 0 Å². The van der Waals surface area contributed by atoms with Crippen LogP contribution in [0.3, 0.4) is 0 Å². The SMILES string of the molecule is O=C(Nc1cc2c(c3c1CCC3)CCC2)NS(=O)(=O)c1cc2n(n1)CCNC2=O. The monoisotopic (exact) mass is 415 g/mol. The Morgan fingerprint density at radius 2 is 1.83 bits per heavy atom. The van der Waals surface area contributed by atoms with E-state index in [1.165, 1.54) is 27.4 Å². The molecule has 29 heavy (non-hydrogen) atoms. The van der Waals surface area contributed by atoms with E-state index in [-0.39, 0.29) is 16.6 Å². The number of nitrogens with one attached hydrogen (secondary N) is 3. The molecule has 0 bridgehead atoms. The van der Waals surface area contributed by atoms with Crippen LogP contribution in [0.5, 0.6) is 0 Å². The van der Waals surface area contributed by atoms with E-state index in [2.05, 4.69) is 15.7 Å². The number of carbonyl (C=O) groups excluding carboxylic acids is 2. The van der Waals surface area contributed by atoms with Crippen molar-refractivity contribution in [2.45, 2.75) is 50.1 Å². The molecule has 10 heteroatoms. The van der Waals surface area contributed by atoms with Crippen LogP contribution in [0.15, 0.2) is 17.2 Å². The van der Waals surface area contributed by atoms with Gasteiger partial charge in [0, 0.05) is 18.3 Å². The van der Waals surface area contributed by atoms with Crippen LogP contribution in [0, 0.1) is 0 Å². The molecule has 0 spiro atoms. The van der Waals surface area contributed by atoms with Crippen molar-refractivity contribution in [1.82, 2.24) is 19.8 Å². The zero-order chi connectivity index (χ0) is 20.2. The van der Waals surface area contributed by atoms with Crippen LogP contribution in [0.4, 0.5) is 10.5 Å². The first-order valence-corrected chi connectivity index (χ1v) is 11.3. The van der Waals surface area contributed by atoms with Gasteiger partial charge in [0.15, 0.2) is 5.03 Å². The van der Waals surface area contributed by atoms with Gasteiger partial charge in [-0.3, -0.25) is 9.48 Å². The number of aromatic nitrogens is 2. The first-order valence-electron chi connectivity index (χ1n) is 9.79. The Morgan fingerprint density at radius 3 is 2.66 bits per heavy atom. The summed E-state index contributed by atoms with van der Waals surface area (Å²) in [6.45, 7) is 0.758. The van der Waals surface area contributed by atoms with Crippen LogP contribution in [-0.4, -0.2) is 36.7 Å². The average molecular weight is 415 g/mol. The number of carbonyl (C=O) groups is 2. The molecule has 3 aliphatic rings. The maximum absolute atomic E-state index is 12.6. The van der Waals surface area contributed by atoms with Crippen molar-refractivity contribution < 1.29 is 18.0 Å². The summed E-state index contributed by atoms with van der Waals surface area (Å²) in [4.78, 5) is 24.3. The summed E-state index contributed by atoms with van der Waals surface area (Å²) in [7, 11) is -4.20. The number of anilines is 1. The Bertz CT molecular complexity index is 1150. The molecule has 0 atom stereocenters. The minimum atomic E-state index is -4.20. The summed E-state index contributed by atoms with van der Waals surface area (Å²) >= 11 is 0. The summed E-state index contributed by atoms with van der Waals surface area (Å²) in [6, 6.07) is 2.34. The Morgan fingerprint density at radius 1 is 1.07 bits per heavy atom. The highest BCUT2D eigenvalue weighted by atomic mass is 32.2. The molecule has 2 heterocycles. The summed E-state index contributed by atoms with van der Waals surface area (Å²) in [6.07, 6.45) is 6.12. The third kappa shape index (κ3) is 3.07. The molecule has 0 saturated carbocycles.